The van der Waals surface area contributed by atoms with E-state index in [1.165, 1.54) is 84.0 Å². The molecule has 1 rings (SSSR count). The Balaban J connectivity index is 2.03. The van der Waals surface area contributed by atoms with E-state index < -0.39 is 0 Å². The van der Waals surface area contributed by atoms with E-state index in [2.05, 4.69) is 24.1 Å². The molecule has 0 spiro atoms. The summed E-state index contributed by atoms with van der Waals surface area (Å²) in [6.07, 6.45) is 12.4. The van der Waals surface area contributed by atoms with Crippen molar-refractivity contribution >= 4 is 0 Å². The molecular formula is C16H34N2. The molecule has 1 saturated carbocycles. The predicted octanol–water partition coefficient (Wildman–Crippen LogP) is 3.81. The fourth-order valence-electron chi connectivity index (χ4n) is 2.84. The van der Waals surface area contributed by atoms with Crippen molar-refractivity contribution < 1.29 is 0 Å². The molecule has 2 nitrogen and oxygen atoms in total. The third-order valence-electron chi connectivity index (χ3n) is 4.10. The maximum atomic E-state index is 3.72. The average Bonchev–Trinajstić information content (AvgIpc) is 2.90. The Bertz CT molecular complexity index is 168. The summed E-state index contributed by atoms with van der Waals surface area (Å²) in [7, 11) is 0. The second-order valence-electron chi connectivity index (χ2n) is 5.84. The summed E-state index contributed by atoms with van der Waals surface area (Å²) in [5.41, 5.74) is 0. The van der Waals surface area contributed by atoms with E-state index in [1.807, 2.05) is 0 Å². The van der Waals surface area contributed by atoms with Crippen LogP contribution in [-0.4, -0.2) is 37.1 Å². The largest absolute Gasteiger partial charge is 0.314 e. The lowest BCUT2D eigenvalue weighted by Crippen LogP contribution is -2.32. The Morgan fingerprint density at radius 3 is 2.00 bits per heavy atom. The van der Waals surface area contributed by atoms with Gasteiger partial charge in [-0.15, -0.1) is 0 Å². The van der Waals surface area contributed by atoms with E-state index in [9.17, 15) is 0 Å². The van der Waals surface area contributed by atoms with E-state index in [0.717, 1.165) is 6.04 Å². The molecule has 0 saturated heterocycles. The molecular weight excluding hydrogens is 220 g/mol. The molecule has 0 radical (unpaired) electrons. The summed E-state index contributed by atoms with van der Waals surface area (Å²) < 4.78 is 0. The highest BCUT2D eigenvalue weighted by molar-refractivity contribution is 4.73. The molecule has 0 unspecified atom stereocenters. The molecule has 1 aliphatic carbocycles. The maximum Gasteiger partial charge on any atom is 0.00670 e. The van der Waals surface area contributed by atoms with Gasteiger partial charge >= 0.3 is 0 Å². The van der Waals surface area contributed by atoms with E-state index in [0.29, 0.717) is 0 Å². The molecule has 1 aliphatic rings. The predicted molar refractivity (Wildman–Crippen MR) is 81.1 cm³/mol. The quantitative estimate of drug-likeness (QED) is 0.564. The number of rotatable bonds is 11. The molecule has 1 fully saturated rings. The van der Waals surface area contributed by atoms with Crippen LogP contribution in [0.3, 0.4) is 0 Å². The third kappa shape index (κ3) is 7.38. The smallest absolute Gasteiger partial charge is 0.00670 e. The summed E-state index contributed by atoms with van der Waals surface area (Å²) in [5, 5.41) is 3.72. The Morgan fingerprint density at radius 2 is 1.44 bits per heavy atom. The SMILES string of the molecule is CCCCN(CCCC)CCCNC1CCCC1. The van der Waals surface area contributed by atoms with Crippen molar-refractivity contribution in [2.75, 3.05) is 26.2 Å². The van der Waals surface area contributed by atoms with Crippen LogP contribution in [0.25, 0.3) is 0 Å². The Labute approximate surface area is 115 Å². The van der Waals surface area contributed by atoms with E-state index in [-0.39, 0.29) is 0 Å². The van der Waals surface area contributed by atoms with Crippen LogP contribution in [-0.2, 0) is 0 Å². The van der Waals surface area contributed by atoms with Crippen LogP contribution in [0.1, 0.15) is 71.6 Å². The second kappa shape index (κ2) is 10.8. The van der Waals surface area contributed by atoms with Gasteiger partial charge in [-0.1, -0.05) is 39.5 Å². The highest BCUT2D eigenvalue weighted by atomic mass is 15.1. The molecule has 0 aromatic carbocycles. The standard InChI is InChI=1S/C16H34N2/c1-3-5-13-18(14-6-4-2)15-9-12-17-16-10-7-8-11-16/h16-17H,3-15H2,1-2H3. The topological polar surface area (TPSA) is 15.3 Å². The second-order valence-corrected chi connectivity index (χ2v) is 5.84. The van der Waals surface area contributed by atoms with Gasteiger partial charge in [0.2, 0.25) is 0 Å². The van der Waals surface area contributed by atoms with Crippen molar-refractivity contribution in [1.29, 1.82) is 0 Å². The minimum absolute atomic E-state index is 0.838. The zero-order chi connectivity index (χ0) is 13.1. The van der Waals surface area contributed by atoms with Crippen LogP contribution in [0.15, 0.2) is 0 Å². The first-order chi connectivity index (χ1) is 8.86. The normalized spacial score (nSPS) is 16.8. The summed E-state index contributed by atoms with van der Waals surface area (Å²) in [6, 6.07) is 0.838. The van der Waals surface area contributed by atoms with Crippen LogP contribution in [0, 0.1) is 0 Å². The van der Waals surface area contributed by atoms with Crippen molar-refractivity contribution in [1.82, 2.24) is 10.2 Å². The number of hydrogen-bond donors (Lipinski definition) is 1. The van der Waals surface area contributed by atoms with Crippen LogP contribution in [0.4, 0.5) is 0 Å². The lowest BCUT2D eigenvalue weighted by Gasteiger charge is -2.22. The van der Waals surface area contributed by atoms with Gasteiger partial charge in [0.15, 0.2) is 0 Å². The fraction of sp³-hybridized carbons (Fsp3) is 1.00. The van der Waals surface area contributed by atoms with Crippen molar-refractivity contribution in [2.24, 2.45) is 0 Å². The first kappa shape index (κ1) is 16.0. The molecule has 2 heteroatoms. The van der Waals surface area contributed by atoms with Gasteiger partial charge in [0.05, 0.1) is 0 Å². The molecule has 0 aromatic rings. The van der Waals surface area contributed by atoms with E-state index in [4.69, 9.17) is 0 Å². The monoisotopic (exact) mass is 254 g/mol. The lowest BCUT2D eigenvalue weighted by atomic mass is 10.2. The summed E-state index contributed by atoms with van der Waals surface area (Å²) in [4.78, 5) is 2.67. The van der Waals surface area contributed by atoms with Crippen molar-refractivity contribution in [2.45, 2.75) is 77.7 Å². The van der Waals surface area contributed by atoms with Gasteiger partial charge in [-0.2, -0.15) is 0 Å². The van der Waals surface area contributed by atoms with Gasteiger partial charge in [0.25, 0.3) is 0 Å². The van der Waals surface area contributed by atoms with Gasteiger partial charge in [-0.25, -0.2) is 0 Å². The fourth-order valence-corrected chi connectivity index (χ4v) is 2.84. The van der Waals surface area contributed by atoms with E-state index in [1.54, 1.807) is 0 Å². The Morgan fingerprint density at radius 1 is 0.889 bits per heavy atom. The molecule has 0 aromatic heterocycles. The molecule has 18 heavy (non-hydrogen) atoms. The van der Waals surface area contributed by atoms with Crippen LogP contribution >= 0.6 is 0 Å². The number of nitrogens with one attached hydrogen (secondary N) is 1. The minimum atomic E-state index is 0.838. The van der Waals surface area contributed by atoms with Crippen LogP contribution < -0.4 is 5.32 Å². The van der Waals surface area contributed by atoms with E-state index >= 15 is 0 Å². The maximum absolute atomic E-state index is 3.72. The molecule has 0 heterocycles. The summed E-state index contributed by atoms with van der Waals surface area (Å²) >= 11 is 0. The van der Waals surface area contributed by atoms with Gasteiger partial charge in [-0.3, -0.25) is 0 Å². The van der Waals surface area contributed by atoms with Gasteiger partial charge in [0.1, 0.15) is 0 Å². The molecule has 1 N–H and O–H groups in total. The van der Waals surface area contributed by atoms with Gasteiger partial charge < -0.3 is 10.2 Å². The highest BCUT2D eigenvalue weighted by Crippen LogP contribution is 2.17. The summed E-state index contributed by atoms with van der Waals surface area (Å²) in [5.74, 6) is 0. The Hall–Kier alpha value is -0.0800. The molecule has 0 bridgehead atoms. The zero-order valence-electron chi connectivity index (χ0n) is 12.7. The minimum Gasteiger partial charge on any atom is -0.314 e. The molecule has 0 atom stereocenters. The van der Waals surface area contributed by atoms with Gasteiger partial charge in [-0.05, 0) is 58.3 Å². The highest BCUT2D eigenvalue weighted by Gasteiger charge is 2.13. The third-order valence-corrected chi connectivity index (χ3v) is 4.10. The number of hydrogen-bond acceptors (Lipinski definition) is 2. The lowest BCUT2D eigenvalue weighted by molar-refractivity contribution is 0.259. The number of nitrogens with zero attached hydrogens (tertiary/aromatic N) is 1. The first-order valence-corrected chi connectivity index (χ1v) is 8.32. The van der Waals surface area contributed by atoms with Gasteiger partial charge in [0, 0.05) is 6.04 Å². The van der Waals surface area contributed by atoms with Crippen LogP contribution in [0.2, 0.25) is 0 Å². The van der Waals surface area contributed by atoms with Crippen molar-refractivity contribution in [3.05, 3.63) is 0 Å². The molecule has 0 amide bonds. The summed E-state index contributed by atoms with van der Waals surface area (Å²) in [6.45, 7) is 9.71. The molecule has 108 valence electrons. The first-order valence-electron chi connectivity index (χ1n) is 8.32. The number of unbranched alkanes of at least 4 members (excludes halogenated alkanes) is 2. The van der Waals surface area contributed by atoms with Crippen molar-refractivity contribution in [3.63, 3.8) is 0 Å². The molecule has 0 aliphatic heterocycles. The average molecular weight is 254 g/mol. The van der Waals surface area contributed by atoms with Crippen molar-refractivity contribution in [3.8, 4) is 0 Å². The zero-order valence-corrected chi connectivity index (χ0v) is 12.7. The Kier molecular flexibility index (Phi) is 9.59. The van der Waals surface area contributed by atoms with Crippen LogP contribution in [0.5, 0.6) is 0 Å².